The van der Waals surface area contributed by atoms with Crippen molar-refractivity contribution in [3.8, 4) is 11.5 Å². The minimum Gasteiger partial charge on any atom is -0.497 e. The molecule has 28 heavy (non-hydrogen) atoms. The lowest BCUT2D eigenvalue weighted by Crippen LogP contribution is -2.25. The highest BCUT2D eigenvalue weighted by atomic mass is 32.1. The molecular formula is C23H25NO3S. The smallest absolute Gasteiger partial charge is 0.261 e. The van der Waals surface area contributed by atoms with Crippen molar-refractivity contribution in [3.63, 3.8) is 0 Å². The van der Waals surface area contributed by atoms with Gasteiger partial charge in [-0.05, 0) is 61.5 Å². The van der Waals surface area contributed by atoms with Crippen molar-refractivity contribution >= 4 is 17.2 Å². The van der Waals surface area contributed by atoms with E-state index >= 15 is 0 Å². The Morgan fingerprint density at radius 2 is 1.96 bits per heavy atom. The van der Waals surface area contributed by atoms with Gasteiger partial charge < -0.3 is 14.8 Å². The van der Waals surface area contributed by atoms with E-state index in [0.717, 1.165) is 28.2 Å². The van der Waals surface area contributed by atoms with Crippen molar-refractivity contribution in [2.45, 2.75) is 33.4 Å². The third kappa shape index (κ3) is 4.93. The van der Waals surface area contributed by atoms with Gasteiger partial charge in [-0.3, -0.25) is 4.79 Å². The van der Waals surface area contributed by atoms with E-state index in [1.54, 1.807) is 7.11 Å². The molecule has 1 aromatic heterocycles. The molecule has 146 valence electrons. The minimum atomic E-state index is -0.111. The lowest BCUT2D eigenvalue weighted by molar-refractivity contribution is 0.0944. The summed E-state index contributed by atoms with van der Waals surface area (Å²) in [6.07, 6.45) is 0. The van der Waals surface area contributed by atoms with E-state index in [1.165, 1.54) is 16.9 Å². The predicted molar refractivity (Wildman–Crippen MR) is 113 cm³/mol. The Bertz CT molecular complexity index is 964. The molecule has 0 aliphatic carbocycles. The Labute approximate surface area is 170 Å². The summed E-state index contributed by atoms with van der Waals surface area (Å²) in [7, 11) is 1.63. The van der Waals surface area contributed by atoms with Gasteiger partial charge in [-0.15, -0.1) is 11.3 Å². The fraction of sp³-hybridized carbons (Fsp3) is 0.261. The van der Waals surface area contributed by atoms with Crippen molar-refractivity contribution in [1.82, 2.24) is 5.32 Å². The van der Waals surface area contributed by atoms with Crippen LogP contribution in [0.2, 0.25) is 0 Å². The number of methoxy groups -OCH3 is 1. The average Bonchev–Trinajstić information content (AvgIpc) is 3.16. The van der Waals surface area contributed by atoms with E-state index in [0.29, 0.717) is 11.5 Å². The van der Waals surface area contributed by atoms with Crippen LogP contribution in [0.15, 0.2) is 53.9 Å². The van der Waals surface area contributed by atoms with Crippen molar-refractivity contribution in [2.24, 2.45) is 0 Å². The molecule has 0 radical (unpaired) electrons. The summed E-state index contributed by atoms with van der Waals surface area (Å²) in [6.45, 7) is 6.51. The van der Waals surface area contributed by atoms with Gasteiger partial charge >= 0.3 is 0 Å². The molecule has 4 nitrogen and oxygen atoms in total. The summed E-state index contributed by atoms with van der Waals surface area (Å²) in [5.74, 6) is 1.56. The van der Waals surface area contributed by atoms with Gasteiger partial charge in [0.15, 0.2) is 0 Å². The molecule has 1 heterocycles. The Morgan fingerprint density at radius 1 is 1.14 bits per heavy atom. The number of carbonyl (C=O) groups excluding carboxylic acids is 1. The first kappa shape index (κ1) is 20.0. The molecular weight excluding hydrogens is 370 g/mol. The fourth-order valence-electron chi connectivity index (χ4n) is 2.95. The third-order valence-electron chi connectivity index (χ3n) is 4.54. The number of thiophene rings is 1. The topological polar surface area (TPSA) is 47.6 Å². The number of carbonyl (C=O) groups is 1. The highest BCUT2D eigenvalue weighted by molar-refractivity contribution is 7.12. The molecule has 1 N–H and O–H groups in total. The molecule has 5 heteroatoms. The maximum atomic E-state index is 12.6. The van der Waals surface area contributed by atoms with Crippen molar-refractivity contribution in [1.29, 1.82) is 0 Å². The van der Waals surface area contributed by atoms with Crippen LogP contribution in [0.5, 0.6) is 11.5 Å². The van der Waals surface area contributed by atoms with Crippen LogP contribution in [0.4, 0.5) is 0 Å². The Hall–Kier alpha value is -2.79. The Balaban J connectivity index is 1.60. The van der Waals surface area contributed by atoms with Gasteiger partial charge in [0.05, 0.1) is 18.0 Å². The summed E-state index contributed by atoms with van der Waals surface area (Å²) < 4.78 is 11.2. The van der Waals surface area contributed by atoms with E-state index in [-0.39, 0.29) is 11.9 Å². The number of hydrogen-bond donors (Lipinski definition) is 1. The molecule has 0 bridgehead atoms. The van der Waals surface area contributed by atoms with Crippen molar-refractivity contribution < 1.29 is 14.3 Å². The van der Waals surface area contributed by atoms with Gasteiger partial charge in [-0.25, -0.2) is 0 Å². The lowest BCUT2D eigenvalue weighted by atomic mass is 10.1. The second kappa shape index (κ2) is 8.93. The third-order valence-corrected chi connectivity index (χ3v) is 5.52. The molecule has 2 aromatic carbocycles. The van der Waals surface area contributed by atoms with E-state index < -0.39 is 0 Å². The standard InChI is InChI=1S/C23H25NO3S/c1-15-8-9-21(16(2)10-15)27-13-18-11-22(28-14-18)23(25)24-17(3)19-6-5-7-20(12-19)26-4/h5-12,14,17H,13H2,1-4H3,(H,24,25). The molecule has 0 aliphatic rings. The van der Waals surface area contributed by atoms with Crippen LogP contribution in [0, 0.1) is 13.8 Å². The van der Waals surface area contributed by atoms with E-state index in [2.05, 4.69) is 18.3 Å². The van der Waals surface area contributed by atoms with Gasteiger partial charge in [-0.2, -0.15) is 0 Å². The molecule has 0 fully saturated rings. The minimum absolute atomic E-state index is 0.0851. The highest BCUT2D eigenvalue weighted by Gasteiger charge is 2.14. The van der Waals surface area contributed by atoms with Crippen LogP contribution in [0.25, 0.3) is 0 Å². The summed E-state index contributed by atoms with van der Waals surface area (Å²) in [4.78, 5) is 13.3. The second-order valence-corrected chi connectivity index (χ2v) is 7.76. The van der Waals surface area contributed by atoms with Crippen molar-refractivity contribution in [2.75, 3.05) is 7.11 Å². The molecule has 0 saturated heterocycles. The largest absolute Gasteiger partial charge is 0.497 e. The van der Waals surface area contributed by atoms with Crippen molar-refractivity contribution in [3.05, 3.63) is 81.0 Å². The van der Waals surface area contributed by atoms with Gasteiger partial charge in [0.25, 0.3) is 5.91 Å². The van der Waals surface area contributed by atoms with Gasteiger partial charge in [-0.1, -0.05) is 29.8 Å². The molecule has 3 aromatic rings. The molecule has 1 atom stereocenters. The van der Waals surface area contributed by atoms with Crippen LogP contribution in [-0.4, -0.2) is 13.0 Å². The first-order valence-electron chi connectivity index (χ1n) is 9.18. The maximum absolute atomic E-state index is 12.6. The number of benzene rings is 2. The lowest BCUT2D eigenvalue weighted by Gasteiger charge is -2.14. The normalized spacial score (nSPS) is 11.7. The first-order valence-corrected chi connectivity index (χ1v) is 10.1. The number of aryl methyl sites for hydroxylation is 2. The maximum Gasteiger partial charge on any atom is 0.261 e. The number of hydrogen-bond acceptors (Lipinski definition) is 4. The number of ether oxygens (including phenoxy) is 2. The summed E-state index contributed by atoms with van der Waals surface area (Å²) in [5, 5.41) is 5.01. The van der Waals surface area contributed by atoms with Crippen LogP contribution in [-0.2, 0) is 6.61 Å². The Morgan fingerprint density at radius 3 is 2.71 bits per heavy atom. The molecule has 3 rings (SSSR count). The van der Waals surface area contributed by atoms with E-state index in [1.807, 2.05) is 61.7 Å². The predicted octanol–water partition coefficient (Wildman–Crippen LogP) is 5.44. The zero-order valence-corrected chi connectivity index (χ0v) is 17.4. The van der Waals surface area contributed by atoms with Crippen LogP contribution in [0.3, 0.4) is 0 Å². The quantitative estimate of drug-likeness (QED) is 0.579. The molecule has 0 spiro atoms. The highest BCUT2D eigenvalue weighted by Crippen LogP contribution is 2.23. The first-order chi connectivity index (χ1) is 13.5. The SMILES string of the molecule is COc1cccc(C(C)NC(=O)c2cc(COc3ccc(C)cc3C)cs2)c1. The molecule has 0 aliphatic heterocycles. The van der Waals surface area contributed by atoms with Crippen LogP contribution < -0.4 is 14.8 Å². The summed E-state index contributed by atoms with van der Waals surface area (Å²) in [6, 6.07) is 15.6. The van der Waals surface area contributed by atoms with Gasteiger partial charge in [0.2, 0.25) is 0 Å². The monoisotopic (exact) mass is 395 g/mol. The molecule has 0 saturated carbocycles. The summed E-state index contributed by atoms with van der Waals surface area (Å²) in [5.41, 5.74) is 4.32. The zero-order chi connectivity index (χ0) is 20.1. The Kier molecular flexibility index (Phi) is 6.37. The van der Waals surface area contributed by atoms with Gasteiger partial charge in [0.1, 0.15) is 18.1 Å². The fourth-order valence-corrected chi connectivity index (χ4v) is 3.75. The van der Waals surface area contributed by atoms with Crippen LogP contribution >= 0.6 is 11.3 Å². The molecule has 1 unspecified atom stereocenters. The van der Waals surface area contributed by atoms with E-state index in [4.69, 9.17) is 9.47 Å². The van der Waals surface area contributed by atoms with Gasteiger partial charge in [0, 0.05) is 5.56 Å². The van der Waals surface area contributed by atoms with E-state index in [9.17, 15) is 4.79 Å². The average molecular weight is 396 g/mol. The number of rotatable bonds is 7. The zero-order valence-electron chi connectivity index (χ0n) is 16.6. The number of nitrogens with one attached hydrogen (secondary N) is 1. The second-order valence-electron chi connectivity index (χ2n) is 6.85. The number of amides is 1. The van der Waals surface area contributed by atoms with Crippen LogP contribution in [0.1, 0.15) is 44.9 Å². The molecule has 1 amide bonds. The summed E-state index contributed by atoms with van der Waals surface area (Å²) >= 11 is 1.43.